The fourth-order valence-corrected chi connectivity index (χ4v) is 2.37. The smallest absolute Gasteiger partial charge is 0.323 e. The van der Waals surface area contributed by atoms with Crippen LogP contribution in [-0.4, -0.2) is 46.7 Å². The predicted molar refractivity (Wildman–Crippen MR) is 94.9 cm³/mol. The van der Waals surface area contributed by atoms with Crippen molar-refractivity contribution in [3.8, 4) is 0 Å². The Morgan fingerprint density at radius 2 is 1.28 bits per heavy atom. The van der Waals surface area contributed by atoms with Crippen LogP contribution >= 0.6 is 0 Å². The average molecular weight is 359 g/mol. The summed E-state index contributed by atoms with van der Waals surface area (Å²) in [5.41, 5.74) is 0. The molecule has 7 heteroatoms. The van der Waals surface area contributed by atoms with Gasteiger partial charge in [-0.25, -0.2) is 0 Å². The molecule has 7 nitrogen and oxygen atoms in total. The number of carbonyl (C=O) groups is 2. The molecule has 0 aromatic heterocycles. The maximum Gasteiger partial charge on any atom is 0.323 e. The molecule has 0 aromatic rings. The van der Waals surface area contributed by atoms with Gasteiger partial charge in [0.2, 0.25) is 5.88 Å². The largest absolute Gasteiger partial charge is 0.480 e. The predicted octanol–water partition coefficient (Wildman–Crippen LogP) is 3.80. The van der Waals surface area contributed by atoms with Crippen molar-refractivity contribution in [3.05, 3.63) is 12.5 Å². The van der Waals surface area contributed by atoms with Crippen molar-refractivity contribution in [3.63, 3.8) is 0 Å². The number of rotatable bonds is 18. The number of carboxylic acids is 2. The second-order valence-corrected chi connectivity index (χ2v) is 6.12. The Morgan fingerprint density at radius 3 is 1.72 bits per heavy atom. The molecule has 0 saturated heterocycles. The Balaban J connectivity index is 3.60. The molecule has 0 amide bonds. The van der Waals surface area contributed by atoms with Gasteiger partial charge >= 0.3 is 11.9 Å². The first-order valence-electron chi connectivity index (χ1n) is 9.14. The molecule has 0 aliphatic carbocycles. The van der Waals surface area contributed by atoms with Gasteiger partial charge in [-0.2, -0.15) is 4.89 Å². The molecule has 0 saturated carbocycles. The van der Waals surface area contributed by atoms with Crippen LogP contribution < -0.4 is 0 Å². The molecule has 0 fully saturated rings. The summed E-state index contributed by atoms with van der Waals surface area (Å²) in [6.07, 6.45) is 12.1. The van der Waals surface area contributed by atoms with Crippen LogP contribution in [0.4, 0.5) is 0 Å². The van der Waals surface area contributed by atoms with Gasteiger partial charge in [0, 0.05) is 0 Å². The highest BCUT2D eigenvalue weighted by Gasteiger charge is 2.17. The zero-order valence-electron chi connectivity index (χ0n) is 15.4. The first-order valence-corrected chi connectivity index (χ1v) is 9.14. The van der Waals surface area contributed by atoms with Crippen molar-refractivity contribution in [1.29, 1.82) is 0 Å². The quantitative estimate of drug-likeness (QED) is 0.166. The van der Waals surface area contributed by atoms with Crippen molar-refractivity contribution >= 4 is 11.9 Å². The Bertz CT molecular complexity index is 370. The fraction of sp³-hybridized carbons (Fsp3) is 0.778. The minimum Gasteiger partial charge on any atom is -0.480 e. The number of unbranched alkanes of at least 4 members (excludes halogenated alkanes) is 9. The summed E-state index contributed by atoms with van der Waals surface area (Å²) in [5.74, 6) is -2.45. The standard InChI is InChI=1S/C18H33NO6/c1-3-4-5-6-7-8-9-10-11-12-13-24-25-16(2)19(14-17(20)21)15-18(22)23/h2-15H2,1H3,(H,20,21)(H,22,23). The molecule has 0 atom stereocenters. The van der Waals surface area contributed by atoms with E-state index in [2.05, 4.69) is 13.5 Å². The zero-order chi connectivity index (χ0) is 18.9. The van der Waals surface area contributed by atoms with Crippen molar-refractivity contribution in [2.75, 3.05) is 19.7 Å². The zero-order valence-corrected chi connectivity index (χ0v) is 15.4. The number of aliphatic carboxylic acids is 2. The molecular formula is C18H33NO6. The summed E-state index contributed by atoms with van der Waals surface area (Å²) in [6, 6.07) is 0. The Kier molecular flexibility index (Phi) is 14.6. The van der Waals surface area contributed by atoms with Gasteiger partial charge in [0.25, 0.3) is 0 Å². The summed E-state index contributed by atoms with van der Waals surface area (Å²) in [7, 11) is 0. The van der Waals surface area contributed by atoms with Crippen LogP contribution in [0.2, 0.25) is 0 Å². The Hall–Kier alpha value is -1.76. The lowest BCUT2D eigenvalue weighted by Gasteiger charge is -2.21. The van der Waals surface area contributed by atoms with E-state index in [-0.39, 0.29) is 5.88 Å². The minimum atomic E-state index is -1.17. The van der Waals surface area contributed by atoms with E-state index in [4.69, 9.17) is 20.0 Å². The molecule has 0 radical (unpaired) electrons. The van der Waals surface area contributed by atoms with Gasteiger partial charge < -0.3 is 20.0 Å². The molecule has 0 unspecified atom stereocenters. The molecule has 0 aliphatic heterocycles. The van der Waals surface area contributed by atoms with Crippen LogP contribution in [0.25, 0.3) is 0 Å². The van der Waals surface area contributed by atoms with Gasteiger partial charge in [-0.1, -0.05) is 64.7 Å². The van der Waals surface area contributed by atoms with Gasteiger partial charge in [0.15, 0.2) is 0 Å². The second kappa shape index (κ2) is 15.7. The highest BCUT2D eigenvalue weighted by molar-refractivity contribution is 5.73. The molecular weight excluding hydrogens is 326 g/mol. The molecule has 0 spiro atoms. The second-order valence-electron chi connectivity index (χ2n) is 6.12. The maximum atomic E-state index is 10.7. The summed E-state index contributed by atoms with van der Waals surface area (Å²) < 4.78 is 0. The van der Waals surface area contributed by atoms with Crippen LogP contribution in [0.15, 0.2) is 12.5 Å². The van der Waals surface area contributed by atoms with Crippen LogP contribution in [-0.2, 0) is 19.4 Å². The molecule has 0 bridgehead atoms. The third-order valence-electron chi connectivity index (χ3n) is 3.74. The topological polar surface area (TPSA) is 96.3 Å². The van der Waals surface area contributed by atoms with Gasteiger partial charge in [-0.15, -0.1) is 0 Å². The van der Waals surface area contributed by atoms with Crippen LogP contribution in [0.1, 0.15) is 71.1 Å². The normalized spacial score (nSPS) is 10.4. The van der Waals surface area contributed by atoms with Gasteiger partial charge in [-0.3, -0.25) is 9.59 Å². The summed E-state index contributed by atoms with van der Waals surface area (Å²) in [5, 5.41) is 17.5. The third-order valence-corrected chi connectivity index (χ3v) is 3.74. The Morgan fingerprint density at radius 1 is 0.840 bits per heavy atom. The SMILES string of the molecule is C=C(OOCCCCCCCCCCCC)N(CC(=O)O)CC(=O)O. The highest BCUT2D eigenvalue weighted by atomic mass is 17.2. The Labute approximate surface area is 150 Å². The van der Waals surface area contributed by atoms with E-state index >= 15 is 0 Å². The number of nitrogens with zero attached hydrogens (tertiary/aromatic N) is 1. The van der Waals surface area contributed by atoms with Crippen molar-refractivity contribution < 1.29 is 29.6 Å². The number of carboxylic acid groups (broad SMARTS) is 2. The molecule has 0 rings (SSSR count). The molecule has 2 N–H and O–H groups in total. The lowest BCUT2D eigenvalue weighted by molar-refractivity contribution is -0.277. The number of hydrogen-bond acceptors (Lipinski definition) is 5. The summed E-state index contributed by atoms with van der Waals surface area (Å²) >= 11 is 0. The molecule has 25 heavy (non-hydrogen) atoms. The van der Waals surface area contributed by atoms with E-state index in [9.17, 15) is 9.59 Å². The van der Waals surface area contributed by atoms with Gasteiger partial charge in [0.1, 0.15) is 13.1 Å². The number of hydrogen-bond donors (Lipinski definition) is 2. The lowest BCUT2D eigenvalue weighted by atomic mass is 10.1. The van der Waals surface area contributed by atoms with Crippen LogP contribution in [0, 0.1) is 0 Å². The highest BCUT2D eigenvalue weighted by Crippen LogP contribution is 2.11. The summed E-state index contributed by atoms with van der Waals surface area (Å²) in [4.78, 5) is 32.3. The van der Waals surface area contributed by atoms with Gasteiger partial charge in [0.05, 0.1) is 6.61 Å². The maximum absolute atomic E-state index is 10.7. The third kappa shape index (κ3) is 15.5. The first kappa shape index (κ1) is 23.2. The van der Waals surface area contributed by atoms with E-state index in [0.717, 1.165) is 24.2 Å². The monoisotopic (exact) mass is 359 g/mol. The van der Waals surface area contributed by atoms with Crippen molar-refractivity contribution in [2.45, 2.75) is 71.1 Å². The van der Waals surface area contributed by atoms with Crippen molar-refractivity contribution in [2.24, 2.45) is 0 Å². The van der Waals surface area contributed by atoms with E-state index in [1.807, 2.05) is 0 Å². The molecule has 0 heterocycles. The molecule has 146 valence electrons. The van der Waals surface area contributed by atoms with E-state index in [1.54, 1.807) is 0 Å². The lowest BCUT2D eigenvalue weighted by Crippen LogP contribution is -2.34. The van der Waals surface area contributed by atoms with Crippen LogP contribution in [0.3, 0.4) is 0 Å². The first-order chi connectivity index (χ1) is 12.0. The van der Waals surface area contributed by atoms with E-state index in [1.165, 1.54) is 44.9 Å². The van der Waals surface area contributed by atoms with Gasteiger partial charge in [-0.05, 0) is 13.0 Å². The molecule has 0 aliphatic rings. The minimum absolute atomic E-state index is 0.114. The van der Waals surface area contributed by atoms with E-state index < -0.39 is 25.0 Å². The van der Waals surface area contributed by atoms with Crippen molar-refractivity contribution in [1.82, 2.24) is 4.90 Å². The summed E-state index contributed by atoms with van der Waals surface area (Å²) in [6.45, 7) is 5.07. The molecule has 0 aromatic carbocycles. The van der Waals surface area contributed by atoms with Crippen LogP contribution in [0.5, 0.6) is 0 Å². The fourth-order valence-electron chi connectivity index (χ4n) is 2.37. The van der Waals surface area contributed by atoms with E-state index in [0.29, 0.717) is 6.61 Å². The average Bonchev–Trinajstić information content (AvgIpc) is 2.54.